The highest BCUT2D eigenvalue weighted by Gasteiger charge is 2.08. The molecule has 5 heteroatoms. The molecule has 0 aromatic carbocycles. The summed E-state index contributed by atoms with van der Waals surface area (Å²) in [5.74, 6) is 0.407. The van der Waals surface area contributed by atoms with Crippen LogP contribution in [-0.2, 0) is 0 Å². The second kappa shape index (κ2) is 4.94. The number of H-pyrrole nitrogens is 1. The first-order valence-electron chi connectivity index (χ1n) is 4.85. The number of ketones is 1. The van der Waals surface area contributed by atoms with E-state index in [9.17, 15) is 4.79 Å². The maximum Gasteiger partial charge on any atom is 0.189 e. The molecule has 2 heterocycles. The lowest BCUT2D eigenvalue weighted by molar-refractivity contribution is 0.101. The van der Waals surface area contributed by atoms with E-state index >= 15 is 0 Å². The van der Waals surface area contributed by atoms with Crippen molar-refractivity contribution in [3.05, 3.63) is 42.0 Å². The Labute approximate surface area is 97.5 Å². The Balaban J connectivity index is 1.95. The van der Waals surface area contributed by atoms with Gasteiger partial charge in [-0.3, -0.25) is 4.79 Å². The van der Waals surface area contributed by atoms with Gasteiger partial charge in [-0.1, -0.05) is 11.8 Å². The van der Waals surface area contributed by atoms with Gasteiger partial charge in [0.15, 0.2) is 10.9 Å². The normalized spacial score (nSPS) is 10.3. The van der Waals surface area contributed by atoms with Crippen LogP contribution in [0.15, 0.2) is 35.7 Å². The quantitative estimate of drug-likeness (QED) is 0.499. The summed E-state index contributed by atoms with van der Waals surface area (Å²) < 4.78 is 0. The van der Waals surface area contributed by atoms with E-state index in [1.165, 1.54) is 11.8 Å². The van der Waals surface area contributed by atoms with E-state index < -0.39 is 0 Å². The van der Waals surface area contributed by atoms with Gasteiger partial charge in [-0.2, -0.15) is 0 Å². The van der Waals surface area contributed by atoms with Crippen molar-refractivity contribution in [2.45, 2.75) is 12.1 Å². The largest absolute Gasteiger partial charge is 0.359 e. The van der Waals surface area contributed by atoms with Gasteiger partial charge in [-0.25, -0.2) is 9.97 Å². The predicted molar refractivity (Wildman–Crippen MR) is 62.6 cm³/mol. The Bertz CT molecular complexity index is 482. The number of nitrogens with zero attached hydrogens (tertiary/aromatic N) is 2. The van der Waals surface area contributed by atoms with Crippen LogP contribution in [0.25, 0.3) is 0 Å². The van der Waals surface area contributed by atoms with Crippen LogP contribution in [-0.4, -0.2) is 26.5 Å². The SMILES string of the molecule is Cc1ccnc(SCC(=O)c2ccc[nH]2)n1. The molecule has 0 saturated heterocycles. The zero-order chi connectivity index (χ0) is 11.4. The molecule has 2 rings (SSSR count). The first-order valence-corrected chi connectivity index (χ1v) is 5.83. The fraction of sp³-hybridized carbons (Fsp3) is 0.182. The van der Waals surface area contributed by atoms with Crippen molar-refractivity contribution in [3.8, 4) is 0 Å². The monoisotopic (exact) mass is 233 g/mol. The molecule has 0 radical (unpaired) electrons. The summed E-state index contributed by atoms with van der Waals surface area (Å²) in [5.41, 5.74) is 1.53. The average molecular weight is 233 g/mol. The van der Waals surface area contributed by atoms with Crippen LogP contribution < -0.4 is 0 Å². The van der Waals surface area contributed by atoms with Crippen molar-refractivity contribution in [2.24, 2.45) is 0 Å². The zero-order valence-electron chi connectivity index (χ0n) is 8.80. The van der Waals surface area contributed by atoms with Gasteiger partial charge in [-0.05, 0) is 25.1 Å². The molecule has 0 atom stereocenters. The number of aromatic amines is 1. The molecule has 0 spiro atoms. The van der Waals surface area contributed by atoms with E-state index in [0.29, 0.717) is 16.6 Å². The first-order chi connectivity index (χ1) is 7.75. The molecule has 2 aromatic heterocycles. The van der Waals surface area contributed by atoms with Crippen LogP contribution in [0.3, 0.4) is 0 Å². The van der Waals surface area contributed by atoms with Crippen molar-refractivity contribution >= 4 is 17.5 Å². The molecule has 0 aliphatic carbocycles. The fourth-order valence-corrected chi connectivity index (χ4v) is 1.97. The number of aromatic nitrogens is 3. The zero-order valence-corrected chi connectivity index (χ0v) is 9.62. The Morgan fingerprint density at radius 3 is 3.06 bits per heavy atom. The molecule has 0 unspecified atom stereocenters. The van der Waals surface area contributed by atoms with Gasteiger partial charge in [0.05, 0.1) is 11.4 Å². The number of hydrogen-bond acceptors (Lipinski definition) is 4. The van der Waals surface area contributed by atoms with E-state index in [1.807, 2.05) is 13.0 Å². The number of aryl methyl sites for hydroxylation is 1. The molecule has 0 aliphatic heterocycles. The van der Waals surface area contributed by atoms with Gasteiger partial charge >= 0.3 is 0 Å². The topological polar surface area (TPSA) is 58.6 Å². The lowest BCUT2D eigenvalue weighted by atomic mass is 10.3. The lowest BCUT2D eigenvalue weighted by Crippen LogP contribution is -2.03. The summed E-state index contributed by atoms with van der Waals surface area (Å²) in [6.45, 7) is 1.90. The molecule has 0 saturated carbocycles. The summed E-state index contributed by atoms with van der Waals surface area (Å²) >= 11 is 1.35. The molecule has 0 aliphatic rings. The first kappa shape index (κ1) is 10.9. The maximum atomic E-state index is 11.7. The minimum atomic E-state index is 0.0557. The predicted octanol–water partition coefficient (Wildman–Crippen LogP) is 2.09. The molecule has 1 N–H and O–H groups in total. The number of carbonyl (C=O) groups is 1. The molecule has 82 valence electrons. The van der Waals surface area contributed by atoms with Gasteiger partial charge in [0.25, 0.3) is 0 Å². The second-order valence-electron chi connectivity index (χ2n) is 3.28. The van der Waals surface area contributed by atoms with Crippen molar-refractivity contribution in [1.29, 1.82) is 0 Å². The Morgan fingerprint density at radius 2 is 2.38 bits per heavy atom. The van der Waals surface area contributed by atoms with E-state index in [2.05, 4.69) is 15.0 Å². The third kappa shape index (κ3) is 2.70. The Kier molecular flexibility index (Phi) is 3.36. The molecule has 0 amide bonds. The molecule has 16 heavy (non-hydrogen) atoms. The highest BCUT2D eigenvalue weighted by Crippen LogP contribution is 2.14. The number of carbonyl (C=O) groups excluding carboxylic acids is 1. The second-order valence-corrected chi connectivity index (χ2v) is 4.22. The highest BCUT2D eigenvalue weighted by atomic mass is 32.2. The molecular formula is C11H11N3OS. The summed E-state index contributed by atoms with van der Waals surface area (Å²) in [6.07, 6.45) is 3.44. The van der Waals surface area contributed by atoms with Gasteiger partial charge in [0.2, 0.25) is 0 Å². The van der Waals surface area contributed by atoms with Gasteiger partial charge in [-0.15, -0.1) is 0 Å². The standard InChI is InChI=1S/C11H11N3OS/c1-8-4-6-13-11(14-8)16-7-10(15)9-3-2-5-12-9/h2-6,12H,7H2,1H3. The van der Waals surface area contributed by atoms with Crippen LogP contribution in [0, 0.1) is 6.92 Å². The average Bonchev–Trinajstić information content (AvgIpc) is 2.79. The minimum Gasteiger partial charge on any atom is -0.359 e. The minimum absolute atomic E-state index is 0.0557. The van der Waals surface area contributed by atoms with Gasteiger partial charge in [0.1, 0.15) is 0 Å². The van der Waals surface area contributed by atoms with Gasteiger partial charge < -0.3 is 4.98 Å². The molecule has 0 fully saturated rings. The highest BCUT2D eigenvalue weighted by molar-refractivity contribution is 7.99. The third-order valence-electron chi connectivity index (χ3n) is 2.00. The third-order valence-corrected chi connectivity index (χ3v) is 2.86. The molecular weight excluding hydrogens is 222 g/mol. The lowest BCUT2D eigenvalue weighted by Gasteiger charge is -1.99. The van der Waals surface area contributed by atoms with Crippen LogP contribution >= 0.6 is 11.8 Å². The molecule has 0 bridgehead atoms. The van der Waals surface area contributed by atoms with Crippen molar-refractivity contribution in [3.63, 3.8) is 0 Å². The van der Waals surface area contributed by atoms with Crippen LogP contribution in [0.4, 0.5) is 0 Å². The Morgan fingerprint density at radius 1 is 1.50 bits per heavy atom. The summed E-state index contributed by atoms with van der Waals surface area (Å²) in [6, 6.07) is 5.40. The number of Topliss-reactive ketones (excluding diaryl/α,β-unsaturated/α-hetero) is 1. The van der Waals surface area contributed by atoms with E-state index in [-0.39, 0.29) is 5.78 Å². The number of nitrogens with one attached hydrogen (secondary N) is 1. The van der Waals surface area contributed by atoms with E-state index in [0.717, 1.165) is 5.69 Å². The summed E-state index contributed by atoms with van der Waals surface area (Å²) in [4.78, 5) is 22.8. The van der Waals surface area contributed by atoms with Crippen molar-refractivity contribution in [1.82, 2.24) is 15.0 Å². The smallest absolute Gasteiger partial charge is 0.189 e. The van der Waals surface area contributed by atoms with Crippen LogP contribution in [0.2, 0.25) is 0 Å². The number of hydrogen-bond donors (Lipinski definition) is 1. The van der Waals surface area contributed by atoms with Gasteiger partial charge in [0, 0.05) is 18.1 Å². The summed E-state index contributed by atoms with van der Waals surface area (Å²) in [5, 5.41) is 0.639. The summed E-state index contributed by atoms with van der Waals surface area (Å²) in [7, 11) is 0. The fourth-order valence-electron chi connectivity index (χ4n) is 1.21. The van der Waals surface area contributed by atoms with Crippen molar-refractivity contribution < 1.29 is 4.79 Å². The molecule has 2 aromatic rings. The molecule has 4 nitrogen and oxygen atoms in total. The Hall–Kier alpha value is -1.62. The van der Waals surface area contributed by atoms with Crippen LogP contribution in [0.1, 0.15) is 16.2 Å². The maximum absolute atomic E-state index is 11.7. The number of thioether (sulfide) groups is 1. The number of rotatable bonds is 4. The van der Waals surface area contributed by atoms with Crippen molar-refractivity contribution in [2.75, 3.05) is 5.75 Å². The van der Waals surface area contributed by atoms with Crippen LogP contribution in [0.5, 0.6) is 0 Å². The van der Waals surface area contributed by atoms with E-state index in [4.69, 9.17) is 0 Å². The van der Waals surface area contributed by atoms with E-state index in [1.54, 1.807) is 24.5 Å².